The van der Waals surface area contributed by atoms with E-state index in [0.717, 1.165) is 12.8 Å². The summed E-state index contributed by atoms with van der Waals surface area (Å²) in [4.78, 5) is 11.2. The Morgan fingerprint density at radius 3 is 2.38 bits per heavy atom. The van der Waals surface area contributed by atoms with E-state index in [4.69, 9.17) is 10.5 Å². The minimum atomic E-state index is -0.444. The number of nitrogens with two attached hydrogens (primary N) is 1. The van der Waals surface area contributed by atoms with Crippen LogP contribution in [0.3, 0.4) is 0 Å². The average molecular weight is 185 g/mol. The van der Waals surface area contributed by atoms with E-state index in [1.54, 1.807) is 0 Å². The van der Waals surface area contributed by atoms with Gasteiger partial charge in [0.25, 0.3) is 0 Å². The molecule has 0 fully saturated rings. The van der Waals surface area contributed by atoms with Gasteiger partial charge < -0.3 is 10.5 Å². The first-order chi connectivity index (χ1) is 5.85. The maximum atomic E-state index is 11.2. The summed E-state index contributed by atoms with van der Waals surface area (Å²) in [5.74, 6) is -0.363. The van der Waals surface area contributed by atoms with Crippen LogP contribution in [0.25, 0.3) is 0 Å². The fraction of sp³-hybridized carbons (Fsp3) is 0.700. The lowest BCUT2D eigenvalue weighted by Crippen LogP contribution is -2.23. The van der Waals surface area contributed by atoms with E-state index in [1.807, 2.05) is 27.7 Å². The highest BCUT2D eigenvalue weighted by Crippen LogP contribution is 2.08. The van der Waals surface area contributed by atoms with Crippen LogP contribution < -0.4 is 5.73 Å². The van der Waals surface area contributed by atoms with Gasteiger partial charge in [-0.05, 0) is 27.2 Å². The smallest absolute Gasteiger partial charge is 0.333 e. The molecule has 0 aliphatic heterocycles. The number of ether oxygens (including phenoxy) is 1. The predicted molar refractivity (Wildman–Crippen MR) is 53.0 cm³/mol. The molecule has 0 aromatic carbocycles. The molecule has 0 radical (unpaired) electrons. The quantitative estimate of drug-likeness (QED) is 0.540. The second-order valence-electron chi connectivity index (χ2n) is 4.00. The highest BCUT2D eigenvalue weighted by molar-refractivity contribution is 5.82. The molecule has 0 saturated carbocycles. The molecule has 3 heteroatoms. The summed E-state index contributed by atoms with van der Waals surface area (Å²) in [6.07, 6.45) is 3.03. The van der Waals surface area contributed by atoms with Crippen molar-refractivity contribution in [2.75, 3.05) is 0 Å². The van der Waals surface area contributed by atoms with E-state index in [9.17, 15) is 4.79 Å². The van der Waals surface area contributed by atoms with E-state index in [1.165, 1.54) is 6.08 Å². The Hall–Kier alpha value is -0.990. The van der Waals surface area contributed by atoms with Crippen molar-refractivity contribution in [2.24, 2.45) is 5.73 Å². The third kappa shape index (κ3) is 7.37. The number of hydrogen-bond donors (Lipinski definition) is 1. The molecule has 0 atom stereocenters. The normalized spacial score (nSPS) is 12.8. The van der Waals surface area contributed by atoms with Crippen LogP contribution in [0.1, 0.15) is 40.5 Å². The van der Waals surface area contributed by atoms with Crippen LogP contribution in [0.4, 0.5) is 0 Å². The van der Waals surface area contributed by atoms with Gasteiger partial charge in [-0.15, -0.1) is 0 Å². The van der Waals surface area contributed by atoms with Gasteiger partial charge in [-0.25, -0.2) is 4.79 Å². The maximum absolute atomic E-state index is 11.2. The number of carbonyl (C=O) groups excluding carboxylic acids is 1. The zero-order chi connectivity index (χ0) is 10.5. The monoisotopic (exact) mass is 185 g/mol. The lowest BCUT2D eigenvalue weighted by Gasteiger charge is -2.18. The Morgan fingerprint density at radius 1 is 1.46 bits per heavy atom. The van der Waals surface area contributed by atoms with Gasteiger partial charge in [-0.2, -0.15) is 0 Å². The van der Waals surface area contributed by atoms with E-state index in [-0.39, 0.29) is 5.97 Å². The summed E-state index contributed by atoms with van der Waals surface area (Å²) in [6.45, 7) is 7.49. The first-order valence-electron chi connectivity index (χ1n) is 4.54. The molecular formula is C10H19NO2. The van der Waals surface area contributed by atoms with Crippen LogP contribution >= 0.6 is 0 Å². The number of carbonyl (C=O) groups is 1. The number of rotatable bonds is 3. The summed E-state index contributed by atoms with van der Waals surface area (Å²) in [7, 11) is 0. The topological polar surface area (TPSA) is 52.3 Å². The van der Waals surface area contributed by atoms with E-state index >= 15 is 0 Å². The van der Waals surface area contributed by atoms with Gasteiger partial charge in [0, 0.05) is 11.8 Å². The van der Waals surface area contributed by atoms with Gasteiger partial charge in [-0.3, -0.25) is 0 Å². The van der Waals surface area contributed by atoms with Gasteiger partial charge in [0.1, 0.15) is 5.60 Å². The van der Waals surface area contributed by atoms with Crippen molar-refractivity contribution < 1.29 is 9.53 Å². The molecule has 0 spiro atoms. The summed E-state index contributed by atoms with van der Waals surface area (Å²) in [5, 5.41) is 0. The van der Waals surface area contributed by atoms with E-state index < -0.39 is 5.60 Å². The highest BCUT2D eigenvalue weighted by atomic mass is 16.6. The van der Waals surface area contributed by atoms with Crippen molar-refractivity contribution in [1.29, 1.82) is 0 Å². The first kappa shape index (κ1) is 12.0. The molecule has 0 saturated heterocycles. The lowest BCUT2D eigenvalue weighted by molar-refractivity contribution is -0.148. The molecule has 0 amide bonds. The second-order valence-corrected chi connectivity index (χ2v) is 4.00. The largest absolute Gasteiger partial charge is 0.457 e. The van der Waals surface area contributed by atoms with Gasteiger partial charge in [-0.1, -0.05) is 13.3 Å². The number of esters is 1. The molecule has 0 aromatic heterocycles. The minimum Gasteiger partial charge on any atom is -0.457 e. The second kappa shape index (κ2) is 4.90. The Bertz CT molecular complexity index is 201. The third-order valence-corrected chi connectivity index (χ3v) is 1.25. The lowest BCUT2D eigenvalue weighted by atomic mass is 10.2. The van der Waals surface area contributed by atoms with Crippen LogP contribution in [0, 0.1) is 0 Å². The number of allylic oxidation sites excluding steroid dienone is 1. The average Bonchev–Trinajstić information content (AvgIpc) is 1.81. The Kier molecular flexibility index (Phi) is 4.52. The Morgan fingerprint density at radius 2 is 2.00 bits per heavy atom. The van der Waals surface area contributed by atoms with Crippen LogP contribution in [0.2, 0.25) is 0 Å². The molecule has 76 valence electrons. The molecule has 13 heavy (non-hydrogen) atoms. The van der Waals surface area contributed by atoms with Crippen molar-refractivity contribution in [3.05, 3.63) is 11.8 Å². The summed E-state index contributed by atoms with van der Waals surface area (Å²) < 4.78 is 5.06. The first-order valence-corrected chi connectivity index (χ1v) is 4.54. The molecular weight excluding hydrogens is 166 g/mol. The van der Waals surface area contributed by atoms with E-state index in [0.29, 0.717) is 5.70 Å². The van der Waals surface area contributed by atoms with Crippen LogP contribution in [-0.4, -0.2) is 11.6 Å². The molecule has 0 unspecified atom stereocenters. The molecule has 2 N–H and O–H groups in total. The van der Waals surface area contributed by atoms with Crippen LogP contribution in [-0.2, 0) is 9.53 Å². The molecule has 0 aromatic rings. The summed E-state index contributed by atoms with van der Waals surface area (Å²) >= 11 is 0. The van der Waals surface area contributed by atoms with Gasteiger partial charge in [0.2, 0.25) is 0 Å². The van der Waals surface area contributed by atoms with Crippen molar-refractivity contribution in [3.63, 3.8) is 0 Å². The Balaban J connectivity index is 4.07. The molecule has 0 bridgehead atoms. The van der Waals surface area contributed by atoms with Gasteiger partial charge >= 0.3 is 5.97 Å². The zero-order valence-corrected chi connectivity index (χ0v) is 8.89. The van der Waals surface area contributed by atoms with Crippen molar-refractivity contribution >= 4 is 5.97 Å². The molecule has 0 heterocycles. The van der Waals surface area contributed by atoms with Crippen LogP contribution in [0.5, 0.6) is 0 Å². The number of hydrogen-bond acceptors (Lipinski definition) is 3. The SMILES string of the molecule is CCCC(N)=CC(=O)OC(C)(C)C. The van der Waals surface area contributed by atoms with Gasteiger partial charge in [0.15, 0.2) is 0 Å². The molecule has 3 nitrogen and oxygen atoms in total. The zero-order valence-electron chi connectivity index (χ0n) is 8.89. The fourth-order valence-electron chi connectivity index (χ4n) is 0.843. The van der Waals surface area contributed by atoms with Crippen molar-refractivity contribution in [3.8, 4) is 0 Å². The standard InChI is InChI=1S/C10H19NO2/c1-5-6-8(11)7-9(12)13-10(2,3)4/h7H,5-6,11H2,1-4H3. The molecule has 0 aliphatic carbocycles. The third-order valence-electron chi connectivity index (χ3n) is 1.25. The maximum Gasteiger partial charge on any atom is 0.333 e. The Labute approximate surface area is 79.9 Å². The molecule has 0 rings (SSSR count). The van der Waals surface area contributed by atoms with Crippen molar-refractivity contribution in [2.45, 2.75) is 46.1 Å². The predicted octanol–water partition coefficient (Wildman–Crippen LogP) is 1.97. The molecule has 0 aliphatic rings. The van der Waals surface area contributed by atoms with Crippen LogP contribution in [0.15, 0.2) is 11.8 Å². The van der Waals surface area contributed by atoms with Crippen molar-refractivity contribution in [1.82, 2.24) is 0 Å². The summed E-state index contributed by atoms with van der Waals surface area (Å²) in [5.41, 5.74) is 5.70. The van der Waals surface area contributed by atoms with E-state index in [2.05, 4.69) is 0 Å². The highest BCUT2D eigenvalue weighted by Gasteiger charge is 2.14. The summed E-state index contributed by atoms with van der Waals surface area (Å²) in [6, 6.07) is 0. The minimum absolute atomic E-state index is 0.363. The van der Waals surface area contributed by atoms with Gasteiger partial charge in [0.05, 0.1) is 0 Å². The fourth-order valence-corrected chi connectivity index (χ4v) is 0.843.